The average molecular weight is 201 g/mol. The van der Waals surface area contributed by atoms with Crippen LogP contribution in [-0.2, 0) is 0 Å². The van der Waals surface area contributed by atoms with Crippen LogP contribution in [0.1, 0.15) is 12.5 Å². The van der Waals surface area contributed by atoms with Gasteiger partial charge in [-0.05, 0) is 31.2 Å². The molecule has 78 valence electrons. The Labute approximate surface area is 90.3 Å². The summed E-state index contributed by atoms with van der Waals surface area (Å²) in [5, 5.41) is 12.1. The first-order chi connectivity index (χ1) is 7.29. The number of nitrogens with zero attached hydrogens (tertiary/aromatic N) is 2. The summed E-state index contributed by atoms with van der Waals surface area (Å²) in [7, 11) is 0. The number of hydrogen-bond acceptors (Lipinski definition) is 3. The second-order valence-corrected chi connectivity index (χ2v) is 3.96. The molecule has 2 rings (SSSR count). The summed E-state index contributed by atoms with van der Waals surface area (Å²) >= 11 is 0. The highest BCUT2D eigenvalue weighted by atomic mass is 15.2. The minimum absolute atomic E-state index is 0.536. The van der Waals surface area contributed by atoms with Crippen molar-refractivity contribution in [2.75, 3.05) is 24.5 Å². The lowest BCUT2D eigenvalue weighted by atomic mass is 10.1. The first-order valence-electron chi connectivity index (χ1n) is 5.28. The third-order valence-corrected chi connectivity index (χ3v) is 2.73. The highest BCUT2D eigenvalue weighted by Gasteiger charge is 2.15. The van der Waals surface area contributed by atoms with Gasteiger partial charge < -0.3 is 10.2 Å². The van der Waals surface area contributed by atoms with E-state index in [2.05, 4.69) is 23.2 Å². The number of hydrogen-bond donors (Lipinski definition) is 1. The van der Waals surface area contributed by atoms with Gasteiger partial charge in [0.15, 0.2) is 0 Å². The van der Waals surface area contributed by atoms with E-state index in [-0.39, 0.29) is 0 Å². The number of nitriles is 1. The SMILES string of the molecule is C[C@H]1CN(c2ccc(C#N)cc2)CCN1. The number of anilines is 1. The minimum atomic E-state index is 0.536. The van der Waals surface area contributed by atoms with Gasteiger partial charge in [0.2, 0.25) is 0 Å². The van der Waals surface area contributed by atoms with Crippen molar-refractivity contribution in [3.63, 3.8) is 0 Å². The topological polar surface area (TPSA) is 39.1 Å². The number of benzene rings is 1. The van der Waals surface area contributed by atoms with Crippen LogP contribution in [0, 0.1) is 11.3 Å². The van der Waals surface area contributed by atoms with Crippen LogP contribution in [0.3, 0.4) is 0 Å². The Morgan fingerprint density at radius 1 is 1.40 bits per heavy atom. The van der Waals surface area contributed by atoms with E-state index in [0.717, 1.165) is 25.2 Å². The molecule has 1 fully saturated rings. The second kappa shape index (κ2) is 4.33. The van der Waals surface area contributed by atoms with Gasteiger partial charge in [-0.1, -0.05) is 0 Å². The molecule has 3 heteroatoms. The Hall–Kier alpha value is -1.53. The van der Waals surface area contributed by atoms with Crippen LogP contribution in [0.5, 0.6) is 0 Å². The lowest BCUT2D eigenvalue weighted by Crippen LogP contribution is -2.49. The van der Waals surface area contributed by atoms with Crippen molar-refractivity contribution in [1.82, 2.24) is 5.32 Å². The van der Waals surface area contributed by atoms with Crippen molar-refractivity contribution in [3.8, 4) is 6.07 Å². The fourth-order valence-corrected chi connectivity index (χ4v) is 1.91. The van der Waals surface area contributed by atoms with Crippen LogP contribution in [0.25, 0.3) is 0 Å². The zero-order valence-electron chi connectivity index (χ0n) is 8.90. The fraction of sp³-hybridized carbons (Fsp3) is 0.417. The van der Waals surface area contributed by atoms with E-state index in [1.54, 1.807) is 0 Å². The first kappa shape index (κ1) is 10.0. The predicted octanol–water partition coefficient (Wildman–Crippen LogP) is 1.36. The van der Waals surface area contributed by atoms with Gasteiger partial charge >= 0.3 is 0 Å². The molecule has 0 aliphatic carbocycles. The lowest BCUT2D eigenvalue weighted by molar-refractivity contribution is 0.485. The van der Waals surface area contributed by atoms with Crippen molar-refractivity contribution in [2.45, 2.75) is 13.0 Å². The largest absolute Gasteiger partial charge is 0.369 e. The molecule has 1 aliphatic heterocycles. The van der Waals surface area contributed by atoms with E-state index >= 15 is 0 Å². The maximum absolute atomic E-state index is 8.71. The molecular formula is C12H15N3. The van der Waals surface area contributed by atoms with E-state index in [4.69, 9.17) is 5.26 Å². The molecule has 3 nitrogen and oxygen atoms in total. The third-order valence-electron chi connectivity index (χ3n) is 2.73. The zero-order valence-corrected chi connectivity index (χ0v) is 8.90. The van der Waals surface area contributed by atoms with Crippen LogP contribution in [-0.4, -0.2) is 25.7 Å². The van der Waals surface area contributed by atoms with Crippen molar-refractivity contribution in [3.05, 3.63) is 29.8 Å². The van der Waals surface area contributed by atoms with Crippen molar-refractivity contribution >= 4 is 5.69 Å². The summed E-state index contributed by atoms with van der Waals surface area (Å²) < 4.78 is 0. The Balaban J connectivity index is 2.12. The molecule has 0 aromatic heterocycles. The highest BCUT2D eigenvalue weighted by molar-refractivity contribution is 5.50. The van der Waals surface area contributed by atoms with Crippen LogP contribution in [0.4, 0.5) is 5.69 Å². The minimum Gasteiger partial charge on any atom is -0.369 e. The molecule has 1 N–H and O–H groups in total. The van der Waals surface area contributed by atoms with E-state index in [1.165, 1.54) is 5.69 Å². The Bertz CT molecular complexity index is 363. The van der Waals surface area contributed by atoms with Gasteiger partial charge in [-0.25, -0.2) is 0 Å². The summed E-state index contributed by atoms with van der Waals surface area (Å²) in [4.78, 5) is 2.35. The van der Waals surface area contributed by atoms with Crippen LogP contribution >= 0.6 is 0 Å². The summed E-state index contributed by atoms with van der Waals surface area (Å²) in [6.07, 6.45) is 0. The molecule has 1 saturated heterocycles. The van der Waals surface area contributed by atoms with Gasteiger partial charge in [0.25, 0.3) is 0 Å². The van der Waals surface area contributed by atoms with Gasteiger partial charge in [-0.3, -0.25) is 0 Å². The van der Waals surface area contributed by atoms with E-state index in [0.29, 0.717) is 6.04 Å². The monoisotopic (exact) mass is 201 g/mol. The molecule has 0 unspecified atom stereocenters. The second-order valence-electron chi connectivity index (χ2n) is 3.96. The van der Waals surface area contributed by atoms with Gasteiger partial charge in [0.05, 0.1) is 11.6 Å². The number of rotatable bonds is 1. The van der Waals surface area contributed by atoms with Crippen molar-refractivity contribution in [1.29, 1.82) is 5.26 Å². The maximum Gasteiger partial charge on any atom is 0.0991 e. The summed E-state index contributed by atoms with van der Waals surface area (Å²) in [6.45, 7) is 5.29. The van der Waals surface area contributed by atoms with Crippen LogP contribution < -0.4 is 10.2 Å². The lowest BCUT2D eigenvalue weighted by Gasteiger charge is -2.33. The summed E-state index contributed by atoms with van der Waals surface area (Å²) in [6, 6.07) is 10.5. The normalized spacial score (nSPS) is 21.1. The molecule has 1 aliphatic rings. The van der Waals surface area contributed by atoms with Gasteiger partial charge in [-0.2, -0.15) is 5.26 Å². The van der Waals surface area contributed by atoms with E-state index < -0.39 is 0 Å². The molecule has 1 heterocycles. The fourth-order valence-electron chi connectivity index (χ4n) is 1.91. The predicted molar refractivity (Wildman–Crippen MR) is 60.8 cm³/mol. The van der Waals surface area contributed by atoms with Gasteiger partial charge in [0.1, 0.15) is 0 Å². The Morgan fingerprint density at radius 3 is 2.73 bits per heavy atom. The Kier molecular flexibility index (Phi) is 2.89. The molecule has 0 bridgehead atoms. The molecule has 0 radical (unpaired) electrons. The van der Waals surface area contributed by atoms with E-state index in [1.807, 2.05) is 24.3 Å². The van der Waals surface area contributed by atoms with Crippen LogP contribution in [0.15, 0.2) is 24.3 Å². The molecule has 1 aromatic rings. The smallest absolute Gasteiger partial charge is 0.0991 e. The Morgan fingerprint density at radius 2 is 2.13 bits per heavy atom. The molecular weight excluding hydrogens is 186 g/mol. The first-order valence-corrected chi connectivity index (χ1v) is 5.28. The summed E-state index contributed by atoms with van der Waals surface area (Å²) in [5.41, 5.74) is 1.93. The van der Waals surface area contributed by atoms with E-state index in [9.17, 15) is 0 Å². The van der Waals surface area contributed by atoms with Crippen molar-refractivity contribution in [2.24, 2.45) is 0 Å². The molecule has 15 heavy (non-hydrogen) atoms. The van der Waals surface area contributed by atoms with Crippen LogP contribution in [0.2, 0.25) is 0 Å². The molecule has 0 spiro atoms. The van der Waals surface area contributed by atoms with Gasteiger partial charge in [-0.15, -0.1) is 0 Å². The summed E-state index contributed by atoms with van der Waals surface area (Å²) in [5.74, 6) is 0. The number of nitrogens with one attached hydrogen (secondary N) is 1. The molecule has 1 aromatic carbocycles. The zero-order chi connectivity index (χ0) is 10.7. The molecule has 1 atom stereocenters. The maximum atomic E-state index is 8.71. The molecule has 0 amide bonds. The standard InChI is InChI=1S/C12H15N3/c1-10-9-15(7-6-14-10)12-4-2-11(8-13)3-5-12/h2-5,10,14H,6-7,9H2,1H3/t10-/m0/s1. The third kappa shape index (κ3) is 2.28. The average Bonchev–Trinajstić information content (AvgIpc) is 2.29. The number of piperazine rings is 1. The molecule has 0 saturated carbocycles. The van der Waals surface area contributed by atoms with Gasteiger partial charge in [0, 0.05) is 31.4 Å². The van der Waals surface area contributed by atoms with Crippen molar-refractivity contribution < 1.29 is 0 Å². The highest BCUT2D eigenvalue weighted by Crippen LogP contribution is 2.16. The quantitative estimate of drug-likeness (QED) is 0.745.